The number of halogens is 5. The third-order valence-electron chi connectivity index (χ3n) is 2.98. The highest BCUT2D eigenvalue weighted by Crippen LogP contribution is 2.23. The number of hydrogen-bond donors (Lipinski definition) is 0. The Balaban J connectivity index is 2.71. The zero-order valence-electron chi connectivity index (χ0n) is 11.7. The molecular formula is C16H17F5. The summed E-state index contributed by atoms with van der Waals surface area (Å²) in [7, 11) is 0. The molecule has 0 N–H and O–H groups in total. The van der Waals surface area contributed by atoms with E-state index >= 15 is 0 Å². The second-order valence-corrected chi connectivity index (χ2v) is 4.62. The van der Waals surface area contributed by atoms with E-state index in [1.165, 1.54) is 12.2 Å². The molecule has 0 spiro atoms. The minimum absolute atomic E-state index is 0.807. The first-order valence-electron chi connectivity index (χ1n) is 6.85. The van der Waals surface area contributed by atoms with Crippen molar-refractivity contribution >= 4 is 6.08 Å². The summed E-state index contributed by atoms with van der Waals surface area (Å²) in [6.07, 6.45) is 10.6. The molecule has 5 heteroatoms. The van der Waals surface area contributed by atoms with Crippen molar-refractivity contribution in [3.63, 3.8) is 0 Å². The largest absolute Gasteiger partial charge is 0.203 e. The van der Waals surface area contributed by atoms with Crippen LogP contribution in [0, 0.1) is 29.1 Å². The zero-order valence-corrected chi connectivity index (χ0v) is 11.7. The fraction of sp³-hybridized carbons (Fsp3) is 0.375. The van der Waals surface area contributed by atoms with Crippen LogP contribution in [0.15, 0.2) is 18.2 Å². The van der Waals surface area contributed by atoms with Crippen molar-refractivity contribution in [1.29, 1.82) is 0 Å². The summed E-state index contributed by atoms with van der Waals surface area (Å²) in [6.45, 7) is 2.10. The van der Waals surface area contributed by atoms with Crippen LogP contribution in [0.4, 0.5) is 22.0 Å². The van der Waals surface area contributed by atoms with Crippen LogP contribution >= 0.6 is 0 Å². The molecule has 21 heavy (non-hydrogen) atoms. The number of rotatable bonds is 7. The van der Waals surface area contributed by atoms with Gasteiger partial charge >= 0.3 is 0 Å². The Morgan fingerprint density at radius 2 is 1.29 bits per heavy atom. The van der Waals surface area contributed by atoms with Gasteiger partial charge < -0.3 is 0 Å². The third-order valence-corrected chi connectivity index (χ3v) is 2.98. The van der Waals surface area contributed by atoms with Gasteiger partial charge in [-0.2, -0.15) is 0 Å². The predicted octanol–water partition coefficient (Wildman–Crippen LogP) is 5.92. The van der Waals surface area contributed by atoms with E-state index in [9.17, 15) is 22.0 Å². The van der Waals surface area contributed by atoms with Crippen LogP contribution in [0.3, 0.4) is 0 Å². The van der Waals surface area contributed by atoms with Gasteiger partial charge in [0.1, 0.15) is 0 Å². The highest BCUT2D eigenvalue weighted by atomic mass is 19.2. The second-order valence-electron chi connectivity index (χ2n) is 4.62. The van der Waals surface area contributed by atoms with Crippen LogP contribution in [0.25, 0.3) is 6.08 Å². The predicted molar refractivity (Wildman–Crippen MR) is 73.2 cm³/mol. The van der Waals surface area contributed by atoms with E-state index in [2.05, 4.69) is 6.92 Å². The lowest BCUT2D eigenvalue weighted by Gasteiger charge is -2.03. The number of unbranched alkanes of at least 4 members (excludes halogenated alkanes) is 4. The number of allylic oxidation sites excluding steroid dienone is 3. The van der Waals surface area contributed by atoms with Crippen molar-refractivity contribution in [2.45, 2.75) is 39.0 Å². The molecule has 0 aromatic heterocycles. The minimum atomic E-state index is -2.14. The molecule has 0 bridgehead atoms. The summed E-state index contributed by atoms with van der Waals surface area (Å²) >= 11 is 0. The van der Waals surface area contributed by atoms with Crippen molar-refractivity contribution in [1.82, 2.24) is 0 Å². The first-order chi connectivity index (χ1) is 10.0. The van der Waals surface area contributed by atoms with Gasteiger partial charge in [0.25, 0.3) is 0 Å². The van der Waals surface area contributed by atoms with Gasteiger partial charge in [-0.05, 0) is 18.9 Å². The van der Waals surface area contributed by atoms with Crippen LogP contribution in [-0.4, -0.2) is 0 Å². The second kappa shape index (κ2) is 8.60. The quantitative estimate of drug-likeness (QED) is 0.193. The highest BCUT2D eigenvalue weighted by Gasteiger charge is 2.23. The topological polar surface area (TPSA) is 0 Å². The molecule has 1 aromatic carbocycles. The van der Waals surface area contributed by atoms with Crippen LogP contribution in [0.1, 0.15) is 44.6 Å². The number of benzene rings is 1. The fourth-order valence-corrected chi connectivity index (χ4v) is 1.78. The summed E-state index contributed by atoms with van der Waals surface area (Å²) in [5.74, 6) is -9.65. The van der Waals surface area contributed by atoms with Gasteiger partial charge in [0.15, 0.2) is 23.3 Å². The maximum Gasteiger partial charge on any atom is 0.200 e. The molecule has 0 aliphatic rings. The fourth-order valence-electron chi connectivity index (χ4n) is 1.78. The van der Waals surface area contributed by atoms with E-state index in [1.807, 2.05) is 0 Å². The Kier molecular flexibility index (Phi) is 7.12. The average Bonchev–Trinajstić information content (AvgIpc) is 2.49. The minimum Gasteiger partial charge on any atom is -0.203 e. The van der Waals surface area contributed by atoms with Crippen LogP contribution in [-0.2, 0) is 0 Å². The highest BCUT2D eigenvalue weighted by molar-refractivity contribution is 5.53. The molecule has 1 rings (SSSR count). The monoisotopic (exact) mass is 304 g/mol. The lowest BCUT2D eigenvalue weighted by Crippen LogP contribution is -2.03. The molecule has 0 aliphatic heterocycles. The molecule has 0 fully saturated rings. The third kappa shape index (κ3) is 4.69. The summed E-state index contributed by atoms with van der Waals surface area (Å²) in [5.41, 5.74) is -0.929. The van der Waals surface area contributed by atoms with Crippen LogP contribution < -0.4 is 0 Å². The smallest absolute Gasteiger partial charge is 0.200 e. The Morgan fingerprint density at radius 1 is 0.714 bits per heavy atom. The zero-order chi connectivity index (χ0) is 15.8. The summed E-state index contributed by atoms with van der Waals surface area (Å²) in [5, 5.41) is 0. The molecule has 0 aliphatic carbocycles. The Bertz CT molecular complexity index is 503. The molecule has 116 valence electrons. The van der Waals surface area contributed by atoms with Crippen molar-refractivity contribution in [3.05, 3.63) is 52.9 Å². The van der Waals surface area contributed by atoms with Crippen LogP contribution in [0.5, 0.6) is 0 Å². The van der Waals surface area contributed by atoms with E-state index < -0.39 is 34.6 Å². The summed E-state index contributed by atoms with van der Waals surface area (Å²) in [4.78, 5) is 0. The molecule has 0 atom stereocenters. The maximum absolute atomic E-state index is 13.3. The normalized spacial score (nSPS) is 11.9. The van der Waals surface area contributed by atoms with Gasteiger partial charge in [-0.25, -0.2) is 22.0 Å². The van der Waals surface area contributed by atoms with E-state index in [0.29, 0.717) is 0 Å². The van der Waals surface area contributed by atoms with Gasteiger partial charge in [-0.15, -0.1) is 0 Å². The average molecular weight is 304 g/mol. The molecule has 0 saturated heterocycles. The number of hydrogen-bond acceptors (Lipinski definition) is 0. The first-order valence-corrected chi connectivity index (χ1v) is 6.85. The molecule has 1 aromatic rings. The van der Waals surface area contributed by atoms with Crippen molar-refractivity contribution in [3.8, 4) is 0 Å². The van der Waals surface area contributed by atoms with Gasteiger partial charge in [0.05, 0.1) is 5.56 Å². The first kappa shape index (κ1) is 17.4. The van der Waals surface area contributed by atoms with E-state index in [1.54, 1.807) is 6.08 Å². The van der Waals surface area contributed by atoms with E-state index in [0.717, 1.165) is 38.2 Å². The Hall–Kier alpha value is -1.65. The molecule has 0 heterocycles. The molecule has 0 amide bonds. The molecule has 0 unspecified atom stereocenters. The standard InChI is InChI=1S/C16H17F5/c1-2-3-4-5-6-7-8-9-10-11-12(17)14(19)16(21)15(20)13(11)18/h7-10H,2-6H2,1H3/b8-7+,10-9+. The Labute approximate surface area is 121 Å². The van der Waals surface area contributed by atoms with E-state index in [-0.39, 0.29) is 0 Å². The molecule has 0 radical (unpaired) electrons. The maximum atomic E-state index is 13.3. The van der Waals surface area contributed by atoms with Gasteiger partial charge in [0, 0.05) is 0 Å². The lowest BCUT2D eigenvalue weighted by molar-refractivity contribution is 0.377. The SMILES string of the molecule is CCCCCC/C=C/C=C/c1c(F)c(F)c(F)c(F)c1F. The van der Waals surface area contributed by atoms with Gasteiger partial charge in [0.2, 0.25) is 5.82 Å². The summed E-state index contributed by atoms with van der Waals surface area (Å²) in [6, 6.07) is 0. The van der Waals surface area contributed by atoms with Crippen molar-refractivity contribution in [2.24, 2.45) is 0 Å². The van der Waals surface area contributed by atoms with Gasteiger partial charge in [-0.1, -0.05) is 44.4 Å². The van der Waals surface area contributed by atoms with Crippen molar-refractivity contribution < 1.29 is 22.0 Å². The Morgan fingerprint density at radius 3 is 1.86 bits per heavy atom. The van der Waals surface area contributed by atoms with Crippen molar-refractivity contribution in [2.75, 3.05) is 0 Å². The molecular weight excluding hydrogens is 287 g/mol. The molecule has 0 saturated carbocycles. The van der Waals surface area contributed by atoms with E-state index in [4.69, 9.17) is 0 Å². The van der Waals surface area contributed by atoms with Crippen LogP contribution in [0.2, 0.25) is 0 Å². The van der Waals surface area contributed by atoms with Gasteiger partial charge in [-0.3, -0.25) is 0 Å². The lowest BCUT2D eigenvalue weighted by atomic mass is 10.1. The summed E-state index contributed by atoms with van der Waals surface area (Å²) < 4.78 is 65.3. The molecule has 0 nitrogen and oxygen atoms in total.